The molecule has 0 aromatic heterocycles. The molecular weight excluding hydrogens is 198 g/mol. The van der Waals surface area contributed by atoms with E-state index >= 15 is 0 Å². The van der Waals surface area contributed by atoms with Crippen molar-refractivity contribution in [3.63, 3.8) is 0 Å². The summed E-state index contributed by atoms with van der Waals surface area (Å²) in [6.45, 7) is 2.87. The Morgan fingerprint density at radius 2 is 2.00 bits per heavy atom. The van der Waals surface area contributed by atoms with Crippen molar-refractivity contribution in [1.82, 2.24) is 5.32 Å². The van der Waals surface area contributed by atoms with Gasteiger partial charge in [0.25, 0.3) is 0 Å². The average Bonchev–Trinajstić information content (AvgIpc) is 2.25. The fraction of sp³-hybridized carbons (Fsp3) is 0.900. The molecule has 0 aromatic rings. The van der Waals surface area contributed by atoms with Gasteiger partial charge in [-0.05, 0) is 7.05 Å². The summed E-state index contributed by atoms with van der Waals surface area (Å²) in [5.74, 6) is -0.166. The molecule has 0 spiro atoms. The number of hydrogen-bond donors (Lipinski definition) is 1. The van der Waals surface area contributed by atoms with E-state index in [4.69, 9.17) is 14.2 Å². The molecule has 0 aliphatic carbocycles. The zero-order valence-electron chi connectivity index (χ0n) is 9.58. The number of methoxy groups -OCH3 is 1. The van der Waals surface area contributed by atoms with Gasteiger partial charge in [-0.25, -0.2) is 0 Å². The third kappa shape index (κ3) is 11.3. The van der Waals surface area contributed by atoms with E-state index in [0.29, 0.717) is 39.4 Å². The molecule has 0 saturated heterocycles. The molecule has 15 heavy (non-hydrogen) atoms. The number of rotatable bonds is 10. The highest BCUT2D eigenvalue weighted by Gasteiger charge is 2.00. The van der Waals surface area contributed by atoms with Crippen LogP contribution in [0.1, 0.15) is 12.8 Å². The van der Waals surface area contributed by atoms with Gasteiger partial charge in [-0.3, -0.25) is 4.79 Å². The first kappa shape index (κ1) is 14.3. The fourth-order valence-corrected chi connectivity index (χ4v) is 0.891. The van der Waals surface area contributed by atoms with Gasteiger partial charge < -0.3 is 19.5 Å². The predicted octanol–water partition coefficient (Wildman–Crippen LogP) is 0.192. The average molecular weight is 219 g/mol. The van der Waals surface area contributed by atoms with Crippen molar-refractivity contribution in [3.05, 3.63) is 0 Å². The second kappa shape index (κ2) is 11.4. The zero-order chi connectivity index (χ0) is 11.4. The molecule has 0 unspecified atom stereocenters. The van der Waals surface area contributed by atoms with Crippen LogP contribution in [0, 0.1) is 0 Å². The number of carbonyl (C=O) groups excluding carboxylic acids is 1. The van der Waals surface area contributed by atoms with Gasteiger partial charge in [0, 0.05) is 26.7 Å². The van der Waals surface area contributed by atoms with Crippen LogP contribution in [-0.2, 0) is 19.0 Å². The van der Waals surface area contributed by atoms with Crippen LogP contribution in [0.5, 0.6) is 0 Å². The summed E-state index contributed by atoms with van der Waals surface area (Å²) in [4.78, 5) is 11.0. The molecule has 0 aliphatic heterocycles. The van der Waals surface area contributed by atoms with Gasteiger partial charge >= 0.3 is 5.97 Å². The van der Waals surface area contributed by atoms with Crippen LogP contribution in [0.25, 0.3) is 0 Å². The molecule has 0 fully saturated rings. The van der Waals surface area contributed by atoms with Gasteiger partial charge in [0.05, 0.1) is 26.2 Å². The van der Waals surface area contributed by atoms with E-state index in [0.717, 1.165) is 6.42 Å². The van der Waals surface area contributed by atoms with Crippen LogP contribution in [-0.4, -0.2) is 53.1 Å². The van der Waals surface area contributed by atoms with Crippen molar-refractivity contribution in [1.29, 1.82) is 0 Å². The van der Waals surface area contributed by atoms with Crippen LogP contribution in [0.2, 0.25) is 0 Å². The third-order valence-corrected chi connectivity index (χ3v) is 1.71. The molecule has 0 aliphatic rings. The normalized spacial score (nSPS) is 10.3. The number of esters is 1. The highest BCUT2D eigenvalue weighted by atomic mass is 16.5. The number of carbonyl (C=O) groups is 1. The molecule has 0 atom stereocenters. The van der Waals surface area contributed by atoms with Gasteiger partial charge in [0.2, 0.25) is 0 Å². The summed E-state index contributed by atoms with van der Waals surface area (Å²) in [6, 6.07) is 0. The quantitative estimate of drug-likeness (QED) is 0.420. The lowest BCUT2D eigenvalue weighted by Gasteiger charge is -2.05. The molecule has 0 aromatic carbocycles. The van der Waals surface area contributed by atoms with E-state index in [1.54, 1.807) is 14.2 Å². The van der Waals surface area contributed by atoms with Gasteiger partial charge in [-0.2, -0.15) is 0 Å². The van der Waals surface area contributed by atoms with Crippen LogP contribution in [0.4, 0.5) is 0 Å². The van der Waals surface area contributed by atoms with Crippen LogP contribution in [0.15, 0.2) is 0 Å². The SMILES string of the molecule is CNCCC(=O)OCCCOCCOC. The van der Waals surface area contributed by atoms with E-state index < -0.39 is 0 Å². The Bertz CT molecular complexity index is 152. The monoisotopic (exact) mass is 219 g/mol. The number of hydrogen-bond acceptors (Lipinski definition) is 5. The summed E-state index contributed by atoms with van der Waals surface area (Å²) >= 11 is 0. The van der Waals surface area contributed by atoms with E-state index in [1.165, 1.54) is 0 Å². The molecule has 0 bridgehead atoms. The second-order valence-corrected chi connectivity index (χ2v) is 3.03. The molecule has 1 N–H and O–H groups in total. The maximum Gasteiger partial charge on any atom is 0.307 e. The Labute approximate surface area is 91.1 Å². The Kier molecular flexibility index (Phi) is 10.9. The minimum atomic E-state index is -0.166. The van der Waals surface area contributed by atoms with Gasteiger partial charge in [0.15, 0.2) is 0 Å². The lowest BCUT2D eigenvalue weighted by Crippen LogP contribution is -2.16. The van der Waals surface area contributed by atoms with Crippen LogP contribution < -0.4 is 5.32 Å². The van der Waals surface area contributed by atoms with Crippen molar-refractivity contribution < 1.29 is 19.0 Å². The molecule has 5 nitrogen and oxygen atoms in total. The minimum Gasteiger partial charge on any atom is -0.466 e. The summed E-state index contributed by atoms with van der Waals surface area (Å²) in [7, 11) is 3.43. The molecule has 5 heteroatoms. The van der Waals surface area contributed by atoms with E-state index in [9.17, 15) is 4.79 Å². The summed E-state index contributed by atoms with van der Waals surface area (Å²) in [5, 5.41) is 2.88. The zero-order valence-corrected chi connectivity index (χ0v) is 9.58. The maximum absolute atomic E-state index is 11.0. The number of nitrogens with one attached hydrogen (secondary N) is 1. The minimum absolute atomic E-state index is 0.166. The lowest BCUT2D eigenvalue weighted by atomic mass is 10.4. The van der Waals surface area contributed by atoms with Crippen molar-refractivity contribution in [2.24, 2.45) is 0 Å². The molecule has 0 heterocycles. The maximum atomic E-state index is 11.0. The number of ether oxygens (including phenoxy) is 3. The van der Waals surface area contributed by atoms with Crippen molar-refractivity contribution >= 4 is 5.97 Å². The Balaban J connectivity index is 3.06. The van der Waals surface area contributed by atoms with E-state index in [1.807, 2.05) is 0 Å². The standard InChI is InChI=1S/C10H21NO4/c1-11-5-4-10(12)15-7-3-6-14-9-8-13-2/h11H,3-9H2,1-2H3. The summed E-state index contributed by atoms with van der Waals surface area (Å²) in [5.41, 5.74) is 0. The Morgan fingerprint density at radius 1 is 1.20 bits per heavy atom. The van der Waals surface area contributed by atoms with E-state index in [-0.39, 0.29) is 5.97 Å². The molecular formula is C10H21NO4. The largest absolute Gasteiger partial charge is 0.466 e. The topological polar surface area (TPSA) is 56.8 Å². The van der Waals surface area contributed by atoms with Gasteiger partial charge in [0.1, 0.15) is 0 Å². The molecule has 0 amide bonds. The summed E-state index contributed by atoms with van der Waals surface area (Å²) in [6.07, 6.45) is 1.15. The Morgan fingerprint density at radius 3 is 2.67 bits per heavy atom. The van der Waals surface area contributed by atoms with E-state index in [2.05, 4.69) is 5.32 Å². The first-order valence-electron chi connectivity index (χ1n) is 5.18. The smallest absolute Gasteiger partial charge is 0.307 e. The first-order valence-corrected chi connectivity index (χ1v) is 5.18. The molecule has 0 rings (SSSR count). The fourth-order valence-electron chi connectivity index (χ4n) is 0.891. The third-order valence-electron chi connectivity index (χ3n) is 1.71. The van der Waals surface area contributed by atoms with Crippen molar-refractivity contribution in [2.75, 3.05) is 47.1 Å². The highest BCUT2D eigenvalue weighted by Crippen LogP contribution is 1.89. The van der Waals surface area contributed by atoms with Gasteiger partial charge in [-0.1, -0.05) is 0 Å². The van der Waals surface area contributed by atoms with Crippen LogP contribution >= 0.6 is 0 Å². The van der Waals surface area contributed by atoms with Gasteiger partial charge in [-0.15, -0.1) is 0 Å². The lowest BCUT2D eigenvalue weighted by molar-refractivity contribution is -0.143. The predicted molar refractivity (Wildman–Crippen MR) is 56.8 cm³/mol. The van der Waals surface area contributed by atoms with Crippen molar-refractivity contribution in [3.8, 4) is 0 Å². The van der Waals surface area contributed by atoms with Crippen molar-refractivity contribution in [2.45, 2.75) is 12.8 Å². The molecule has 90 valence electrons. The first-order chi connectivity index (χ1) is 7.31. The van der Waals surface area contributed by atoms with Crippen LogP contribution in [0.3, 0.4) is 0 Å². The molecule has 0 saturated carbocycles. The highest BCUT2D eigenvalue weighted by molar-refractivity contribution is 5.69. The molecule has 0 radical (unpaired) electrons. The summed E-state index contributed by atoms with van der Waals surface area (Å²) < 4.78 is 15.0. The Hall–Kier alpha value is -0.650. The second-order valence-electron chi connectivity index (χ2n) is 3.03.